The van der Waals surface area contributed by atoms with Crippen LogP contribution in [0.2, 0.25) is 0 Å². The van der Waals surface area contributed by atoms with Gasteiger partial charge in [0.15, 0.2) is 5.96 Å². The number of hydrogen-bond acceptors (Lipinski definition) is 3. The van der Waals surface area contributed by atoms with Gasteiger partial charge in [-0.3, -0.25) is 4.79 Å². The molecule has 30 heavy (non-hydrogen) atoms. The molecule has 2 heterocycles. The molecule has 0 radical (unpaired) electrons. The second kappa shape index (κ2) is 12.9. The number of thiophene rings is 1. The molecule has 3 rings (SSSR count). The number of carbonyl (C=O) groups excluding carboxylic acids is 1. The van der Waals surface area contributed by atoms with Crippen LogP contribution in [0, 0.1) is 0 Å². The minimum Gasteiger partial charge on any atom is -0.357 e. The van der Waals surface area contributed by atoms with E-state index in [2.05, 4.69) is 41.3 Å². The van der Waals surface area contributed by atoms with Gasteiger partial charge in [-0.1, -0.05) is 19.1 Å². The third-order valence-electron chi connectivity index (χ3n) is 5.30. The van der Waals surface area contributed by atoms with Gasteiger partial charge in [0.2, 0.25) is 0 Å². The van der Waals surface area contributed by atoms with E-state index in [4.69, 9.17) is 4.99 Å². The second-order valence-electron chi connectivity index (χ2n) is 7.58. The van der Waals surface area contributed by atoms with Gasteiger partial charge in [0.05, 0.1) is 6.54 Å². The molecule has 2 aromatic rings. The maximum atomic E-state index is 12.6. The third-order valence-corrected chi connectivity index (χ3v) is 6.00. The molecule has 7 heteroatoms. The molecule has 1 unspecified atom stereocenters. The van der Waals surface area contributed by atoms with Gasteiger partial charge < -0.3 is 15.5 Å². The highest BCUT2D eigenvalue weighted by molar-refractivity contribution is 14.0. The number of piperidine rings is 1. The molecule has 1 aliphatic rings. The van der Waals surface area contributed by atoms with Gasteiger partial charge in [-0.2, -0.15) is 11.3 Å². The van der Waals surface area contributed by atoms with Crippen LogP contribution >= 0.6 is 35.3 Å². The summed E-state index contributed by atoms with van der Waals surface area (Å²) in [5.74, 6) is 1.41. The predicted molar refractivity (Wildman–Crippen MR) is 137 cm³/mol. The number of carbonyl (C=O) groups is 1. The average Bonchev–Trinajstić information content (AvgIpc) is 3.31. The molecule has 0 spiro atoms. The normalized spacial score (nSPS) is 15.3. The maximum Gasteiger partial charge on any atom is 0.253 e. The lowest BCUT2D eigenvalue weighted by molar-refractivity contribution is 0.0724. The van der Waals surface area contributed by atoms with E-state index >= 15 is 0 Å². The minimum absolute atomic E-state index is 0. The molecular weight excluding hydrogens is 507 g/mol. The van der Waals surface area contributed by atoms with E-state index in [0.29, 0.717) is 12.5 Å². The van der Waals surface area contributed by atoms with Crippen LogP contribution in [0.1, 0.15) is 60.5 Å². The first kappa shape index (κ1) is 24.7. The monoisotopic (exact) mass is 540 g/mol. The number of nitrogens with one attached hydrogen (secondary N) is 2. The Kier molecular flexibility index (Phi) is 10.6. The Hall–Kier alpha value is -1.61. The van der Waals surface area contributed by atoms with E-state index in [1.807, 2.05) is 29.2 Å². The van der Waals surface area contributed by atoms with Crippen molar-refractivity contribution in [1.29, 1.82) is 0 Å². The van der Waals surface area contributed by atoms with Crippen molar-refractivity contribution in [3.8, 4) is 0 Å². The standard InChI is InChI=1S/C23H32N4OS.HI/c1-3-24-23(25-15-18(2)21-11-14-29-17-21)26-16-19-7-9-20(10-8-19)22(28)27-12-5-4-6-13-27;/h7-11,14,17-18H,3-6,12-13,15-16H2,1-2H3,(H2,24,25,26);1H. The van der Waals surface area contributed by atoms with E-state index < -0.39 is 0 Å². The molecule has 164 valence electrons. The Labute approximate surface area is 201 Å². The van der Waals surface area contributed by atoms with Gasteiger partial charge in [-0.15, -0.1) is 24.0 Å². The van der Waals surface area contributed by atoms with E-state index in [9.17, 15) is 4.79 Å². The van der Waals surface area contributed by atoms with Crippen molar-refractivity contribution >= 4 is 47.2 Å². The number of rotatable bonds is 7. The number of hydrogen-bond donors (Lipinski definition) is 2. The first-order valence-electron chi connectivity index (χ1n) is 10.6. The van der Waals surface area contributed by atoms with Crippen molar-refractivity contribution < 1.29 is 4.79 Å². The maximum absolute atomic E-state index is 12.6. The molecule has 1 aromatic carbocycles. The Morgan fingerprint density at radius 1 is 1.13 bits per heavy atom. The summed E-state index contributed by atoms with van der Waals surface area (Å²) < 4.78 is 0. The molecule has 1 amide bonds. The number of halogens is 1. The van der Waals surface area contributed by atoms with Gasteiger partial charge in [0.1, 0.15) is 0 Å². The molecule has 0 bridgehead atoms. The number of aliphatic imine (C=N–C) groups is 1. The Morgan fingerprint density at radius 2 is 1.87 bits per heavy atom. The Bertz CT molecular complexity index is 786. The fourth-order valence-corrected chi connectivity index (χ4v) is 4.25. The van der Waals surface area contributed by atoms with Crippen LogP contribution in [0.15, 0.2) is 46.1 Å². The third kappa shape index (κ3) is 7.27. The Morgan fingerprint density at radius 3 is 2.50 bits per heavy atom. The van der Waals surface area contributed by atoms with Crippen LogP contribution < -0.4 is 10.6 Å². The zero-order valence-electron chi connectivity index (χ0n) is 17.9. The molecule has 1 aromatic heterocycles. The smallest absolute Gasteiger partial charge is 0.253 e. The van der Waals surface area contributed by atoms with E-state index in [1.54, 1.807) is 11.3 Å². The molecule has 1 atom stereocenters. The lowest BCUT2D eigenvalue weighted by Gasteiger charge is -2.26. The minimum atomic E-state index is 0. The van der Waals surface area contributed by atoms with Crippen molar-refractivity contribution in [3.05, 3.63) is 57.8 Å². The summed E-state index contributed by atoms with van der Waals surface area (Å²) in [5.41, 5.74) is 3.23. The quantitative estimate of drug-likeness (QED) is 0.300. The van der Waals surface area contributed by atoms with E-state index in [-0.39, 0.29) is 29.9 Å². The van der Waals surface area contributed by atoms with Crippen molar-refractivity contribution in [2.75, 3.05) is 26.2 Å². The van der Waals surface area contributed by atoms with Crippen LogP contribution in [0.4, 0.5) is 0 Å². The topological polar surface area (TPSA) is 56.7 Å². The van der Waals surface area contributed by atoms with Crippen LogP contribution in [-0.4, -0.2) is 42.9 Å². The van der Waals surface area contributed by atoms with Crippen LogP contribution in [0.3, 0.4) is 0 Å². The number of guanidine groups is 1. The summed E-state index contributed by atoms with van der Waals surface area (Å²) in [7, 11) is 0. The summed E-state index contributed by atoms with van der Waals surface area (Å²) >= 11 is 1.73. The molecule has 5 nitrogen and oxygen atoms in total. The molecule has 0 aliphatic carbocycles. The largest absolute Gasteiger partial charge is 0.357 e. The summed E-state index contributed by atoms with van der Waals surface area (Å²) in [6, 6.07) is 10.1. The fourth-order valence-electron chi connectivity index (χ4n) is 3.47. The van der Waals surface area contributed by atoms with Crippen LogP contribution in [0.25, 0.3) is 0 Å². The van der Waals surface area contributed by atoms with Crippen molar-refractivity contribution in [3.63, 3.8) is 0 Å². The summed E-state index contributed by atoms with van der Waals surface area (Å²) in [6.07, 6.45) is 3.46. The number of benzene rings is 1. The number of amides is 1. The highest BCUT2D eigenvalue weighted by Crippen LogP contribution is 2.17. The van der Waals surface area contributed by atoms with Gasteiger partial charge in [-0.25, -0.2) is 4.99 Å². The van der Waals surface area contributed by atoms with Gasteiger partial charge in [0, 0.05) is 31.7 Å². The second-order valence-corrected chi connectivity index (χ2v) is 8.36. The molecular formula is C23H33IN4OS. The lowest BCUT2D eigenvalue weighted by atomic mass is 10.1. The van der Waals surface area contributed by atoms with Crippen LogP contribution in [0.5, 0.6) is 0 Å². The molecule has 1 aliphatic heterocycles. The SMILES string of the molecule is CCNC(=NCc1ccc(C(=O)N2CCCCC2)cc1)NCC(C)c1ccsc1.I. The van der Waals surface area contributed by atoms with Crippen molar-refractivity contribution in [2.45, 2.75) is 45.6 Å². The molecule has 0 saturated carbocycles. The summed E-state index contributed by atoms with van der Waals surface area (Å²) in [5, 5.41) is 11.1. The predicted octanol–water partition coefficient (Wildman–Crippen LogP) is 4.85. The van der Waals surface area contributed by atoms with E-state index in [0.717, 1.165) is 56.1 Å². The van der Waals surface area contributed by atoms with Gasteiger partial charge in [-0.05, 0) is 72.2 Å². The van der Waals surface area contributed by atoms with Gasteiger partial charge in [0.25, 0.3) is 5.91 Å². The first-order valence-corrected chi connectivity index (χ1v) is 11.5. The number of nitrogens with zero attached hydrogens (tertiary/aromatic N) is 2. The summed E-state index contributed by atoms with van der Waals surface area (Å²) in [4.78, 5) is 19.3. The van der Waals surface area contributed by atoms with E-state index in [1.165, 1.54) is 12.0 Å². The van der Waals surface area contributed by atoms with Crippen molar-refractivity contribution in [2.24, 2.45) is 4.99 Å². The highest BCUT2D eigenvalue weighted by Gasteiger charge is 2.17. The lowest BCUT2D eigenvalue weighted by Crippen LogP contribution is -2.39. The first-order chi connectivity index (χ1) is 14.2. The zero-order chi connectivity index (χ0) is 20.5. The fraction of sp³-hybridized carbons (Fsp3) is 0.478. The van der Waals surface area contributed by atoms with Crippen molar-refractivity contribution in [1.82, 2.24) is 15.5 Å². The molecule has 1 saturated heterocycles. The van der Waals surface area contributed by atoms with Gasteiger partial charge >= 0.3 is 0 Å². The Balaban J connectivity index is 0.00000320. The summed E-state index contributed by atoms with van der Waals surface area (Å²) in [6.45, 7) is 8.30. The molecule has 2 N–H and O–H groups in total. The average molecular weight is 541 g/mol. The zero-order valence-corrected chi connectivity index (χ0v) is 21.0. The molecule has 1 fully saturated rings. The van der Waals surface area contributed by atoms with Crippen LogP contribution in [-0.2, 0) is 6.54 Å². The number of likely N-dealkylation sites (tertiary alicyclic amines) is 1. The highest BCUT2D eigenvalue weighted by atomic mass is 127.